The molecular formula is C30H29ClN2O7. The van der Waals surface area contributed by atoms with Gasteiger partial charge in [-0.3, -0.25) is 14.4 Å². The number of aryl methyl sites for hydroxylation is 2. The molecule has 0 saturated carbocycles. The Kier molecular flexibility index (Phi) is 8.74. The first-order valence-electron chi connectivity index (χ1n) is 12.7. The van der Waals surface area contributed by atoms with Crippen LogP contribution in [0.25, 0.3) is 0 Å². The third-order valence-corrected chi connectivity index (χ3v) is 7.00. The van der Waals surface area contributed by atoms with Crippen LogP contribution in [0.15, 0.2) is 60.7 Å². The summed E-state index contributed by atoms with van der Waals surface area (Å²) in [6, 6.07) is 16.4. The number of carbonyl (C=O) groups is 4. The predicted octanol–water partition coefficient (Wildman–Crippen LogP) is 6.32. The minimum atomic E-state index is -1.45. The highest BCUT2D eigenvalue weighted by atomic mass is 35.5. The summed E-state index contributed by atoms with van der Waals surface area (Å²) in [5.41, 5.74) is 3.73. The van der Waals surface area contributed by atoms with E-state index in [0.717, 1.165) is 5.56 Å². The Labute approximate surface area is 236 Å². The molecule has 2 unspecified atom stereocenters. The van der Waals surface area contributed by atoms with Gasteiger partial charge in [-0.2, -0.15) is 0 Å². The molecule has 3 aromatic rings. The Morgan fingerprint density at radius 2 is 1.73 bits per heavy atom. The summed E-state index contributed by atoms with van der Waals surface area (Å²) in [5, 5.41) is 12.6. The van der Waals surface area contributed by atoms with E-state index in [9.17, 15) is 24.3 Å². The Bertz CT molecular complexity index is 1470. The molecule has 4 rings (SSSR count). The van der Waals surface area contributed by atoms with Crippen LogP contribution in [0.1, 0.15) is 63.3 Å². The molecule has 0 saturated heterocycles. The van der Waals surface area contributed by atoms with E-state index in [1.807, 2.05) is 19.1 Å². The summed E-state index contributed by atoms with van der Waals surface area (Å²) >= 11 is 6.24. The second-order valence-corrected chi connectivity index (χ2v) is 10.0. The van der Waals surface area contributed by atoms with Gasteiger partial charge in [0.2, 0.25) is 0 Å². The summed E-state index contributed by atoms with van der Waals surface area (Å²) in [6.07, 6.45) is -1.78. The van der Waals surface area contributed by atoms with Crippen LogP contribution in [0.3, 0.4) is 0 Å². The number of nitrogens with one attached hydrogen (secondary N) is 1. The zero-order chi connectivity index (χ0) is 29.0. The smallest absolute Gasteiger partial charge is 0.464 e. The van der Waals surface area contributed by atoms with Crippen LogP contribution in [0.5, 0.6) is 0 Å². The summed E-state index contributed by atoms with van der Waals surface area (Å²) in [4.78, 5) is 51.5. The molecule has 0 bridgehead atoms. The maximum Gasteiger partial charge on any atom is 0.506 e. The molecule has 1 heterocycles. The first-order chi connectivity index (χ1) is 19.0. The number of esters is 1. The highest BCUT2D eigenvalue weighted by Crippen LogP contribution is 2.40. The summed E-state index contributed by atoms with van der Waals surface area (Å²) in [5.74, 6) is -1.15. The SMILES string of the molecule is CC(=O)OCC1CCC(OC(=O)O)c2cc(Cl)ccc2N1C(=O)c1ccc(NC(=O)c2ccccc2C)cc1C. The molecule has 0 aromatic heterocycles. The standard InChI is InChI=1S/C30H29ClN2O7/c1-17-6-4-5-7-23(17)28(35)32-21-9-11-24(18(2)14-21)29(36)33-22(16-39-19(3)34)10-13-27(40-30(37)38)25-15-20(31)8-12-26(25)33/h4-9,11-12,14-15,22,27H,10,13,16H2,1-3H3,(H,32,35)(H,37,38). The van der Waals surface area contributed by atoms with Gasteiger partial charge in [0.05, 0.1) is 11.7 Å². The zero-order valence-electron chi connectivity index (χ0n) is 22.3. The van der Waals surface area contributed by atoms with Gasteiger partial charge in [0, 0.05) is 34.3 Å². The van der Waals surface area contributed by atoms with E-state index in [0.29, 0.717) is 45.1 Å². The van der Waals surface area contributed by atoms with Crippen molar-refractivity contribution in [3.63, 3.8) is 0 Å². The lowest BCUT2D eigenvalue weighted by molar-refractivity contribution is -0.141. The van der Waals surface area contributed by atoms with Gasteiger partial charge in [-0.05, 0) is 80.3 Å². The summed E-state index contributed by atoms with van der Waals surface area (Å²) in [6.45, 7) is 4.80. The largest absolute Gasteiger partial charge is 0.506 e. The molecule has 0 radical (unpaired) electrons. The van der Waals surface area contributed by atoms with Gasteiger partial charge < -0.3 is 24.8 Å². The Morgan fingerprint density at radius 1 is 0.975 bits per heavy atom. The molecule has 40 heavy (non-hydrogen) atoms. The topological polar surface area (TPSA) is 122 Å². The summed E-state index contributed by atoms with van der Waals surface area (Å²) < 4.78 is 10.4. The number of carboxylic acid groups (broad SMARTS) is 1. The van der Waals surface area contributed by atoms with Crippen molar-refractivity contribution in [2.45, 2.75) is 45.8 Å². The molecule has 1 aliphatic heterocycles. The normalized spacial score (nSPS) is 16.4. The lowest BCUT2D eigenvalue weighted by Gasteiger charge is -2.31. The fourth-order valence-electron chi connectivity index (χ4n) is 4.86. The van der Waals surface area contributed by atoms with E-state index in [-0.39, 0.29) is 24.8 Å². The van der Waals surface area contributed by atoms with Crippen molar-refractivity contribution in [3.05, 3.63) is 93.5 Å². The highest BCUT2D eigenvalue weighted by Gasteiger charge is 2.36. The van der Waals surface area contributed by atoms with Crippen molar-refractivity contribution in [1.29, 1.82) is 0 Å². The summed E-state index contributed by atoms with van der Waals surface area (Å²) in [7, 11) is 0. The first kappa shape index (κ1) is 28.6. The number of hydrogen-bond donors (Lipinski definition) is 2. The molecule has 10 heteroatoms. The van der Waals surface area contributed by atoms with Gasteiger partial charge in [-0.15, -0.1) is 0 Å². The minimum absolute atomic E-state index is 0.0907. The van der Waals surface area contributed by atoms with Gasteiger partial charge in [-0.25, -0.2) is 4.79 Å². The van der Waals surface area contributed by atoms with E-state index in [1.165, 1.54) is 11.8 Å². The molecule has 2 N–H and O–H groups in total. The van der Waals surface area contributed by atoms with E-state index in [1.54, 1.807) is 55.5 Å². The number of anilines is 2. The van der Waals surface area contributed by atoms with Crippen molar-refractivity contribution >= 4 is 46.9 Å². The van der Waals surface area contributed by atoms with Gasteiger partial charge in [-0.1, -0.05) is 29.8 Å². The maximum absolute atomic E-state index is 14.1. The third-order valence-electron chi connectivity index (χ3n) is 6.77. The number of ether oxygens (including phenoxy) is 2. The molecule has 9 nitrogen and oxygen atoms in total. The average Bonchev–Trinajstić information content (AvgIpc) is 3.03. The highest BCUT2D eigenvalue weighted by molar-refractivity contribution is 6.30. The maximum atomic E-state index is 14.1. The van der Waals surface area contributed by atoms with Gasteiger partial charge >= 0.3 is 12.1 Å². The second-order valence-electron chi connectivity index (χ2n) is 9.58. The first-order valence-corrected chi connectivity index (χ1v) is 13.1. The monoisotopic (exact) mass is 564 g/mol. The molecule has 2 amide bonds. The zero-order valence-corrected chi connectivity index (χ0v) is 23.0. The van der Waals surface area contributed by atoms with Gasteiger partial charge in [0.25, 0.3) is 11.8 Å². The molecule has 208 valence electrons. The number of hydrogen-bond acceptors (Lipinski definition) is 6. The van der Waals surface area contributed by atoms with Crippen LogP contribution in [0.2, 0.25) is 5.02 Å². The lowest BCUT2D eigenvalue weighted by Crippen LogP contribution is -2.43. The average molecular weight is 565 g/mol. The van der Waals surface area contributed by atoms with E-state index < -0.39 is 24.3 Å². The van der Waals surface area contributed by atoms with Crippen LogP contribution in [0.4, 0.5) is 16.2 Å². The Balaban J connectivity index is 1.70. The number of carbonyl (C=O) groups excluding carboxylic acids is 3. The van der Waals surface area contributed by atoms with Crippen molar-refractivity contribution < 1.29 is 33.8 Å². The van der Waals surface area contributed by atoms with Crippen molar-refractivity contribution in [3.8, 4) is 0 Å². The number of benzene rings is 3. The molecule has 0 fully saturated rings. The van der Waals surface area contributed by atoms with Gasteiger partial charge in [0.15, 0.2) is 0 Å². The molecular weight excluding hydrogens is 536 g/mol. The van der Waals surface area contributed by atoms with Crippen LogP contribution >= 0.6 is 11.6 Å². The number of rotatable bonds is 6. The number of fused-ring (bicyclic) bond motifs is 1. The van der Waals surface area contributed by atoms with Crippen LogP contribution in [-0.2, 0) is 14.3 Å². The van der Waals surface area contributed by atoms with Gasteiger partial charge in [0.1, 0.15) is 12.7 Å². The van der Waals surface area contributed by atoms with E-state index in [2.05, 4.69) is 5.32 Å². The predicted molar refractivity (Wildman–Crippen MR) is 150 cm³/mol. The fourth-order valence-corrected chi connectivity index (χ4v) is 5.04. The molecule has 0 aliphatic carbocycles. The van der Waals surface area contributed by atoms with Crippen molar-refractivity contribution in [2.75, 3.05) is 16.8 Å². The fraction of sp³-hybridized carbons (Fsp3) is 0.267. The van der Waals surface area contributed by atoms with Crippen molar-refractivity contribution in [1.82, 2.24) is 0 Å². The number of amides is 2. The van der Waals surface area contributed by atoms with Crippen LogP contribution < -0.4 is 10.2 Å². The number of nitrogens with zero attached hydrogens (tertiary/aromatic N) is 1. The molecule has 3 aromatic carbocycles. The Morgan fingerprint density at radius 3 is 2.40 bits per heavy atom. The molecule has 2 atom stereocenters. The minimum Gasteiger partial charge on any atom is -0.464 e. The third kappa shape index (κ3) is 6.43. The quantitative estimate of drug-likeness (QED) is 0.336. The van der Waals surface area contributed by atoms with E-state index in [4.69, 9.17) is 21.1 Å². The molecule has 0 spiro atoms. The van der Waals surface area contributed by atoms with Crippen LogP contribution in [0, 0.1) is 13.8 Å². The van der Waals surface area contributed by atoms with Crippen LogP contribution in [-0.4, -0.2) is 41.7 Å². The molecule has 1 aliphatic rings. The van der Waals surface area contributed by atoms with E-state index >= 15 is 0 Å². The van der Waals surface area contributed by atoms with Crippen molar-refractivity contribution in [2.24, 2.45) is 0 Å². The Hall–Kier alpha value is -4.37. The second kappa shape index (κ2) is 12.2. The number of halogens is 1. The lowest BCUT2D eigenvalue weighted by atomic mass is 10.0.